The molecule has 0 fully saturated rings. The SMILES string of the molecule is [C-]#[N+]c1c(-c2cccc3c2sc2ccccc23)c(C#N)c(-n2c3cc(C)c(C)cc3c3ccc4c5ccccc5sc4c32)c(-c2cccc3c2sc2ccccc23)c1-n1c2cc(C)c(C)cc2c2ccc3c4ccccc4sc3c21. The molecule has 0 aliphatic carbocycles. The van der Waals surface area contributed by atoms with Crippen molar-refractivity contribution in [2.75, 3.05) is 0 Å². The maximum absolute atomic E-state index is 12.8. The summed E-state index contributed by atoms with van der Waals surface area (Å²) in [4.78, 5) is 4.89. The van der Waals surface area contributed by atoms with Crippen molar-refractivity contribution in [1.29, 1.82) is 5.26 Å². The lowest BCUT2D eigenvalue weighted by molar-refractivity contribution is 1.14. The maximum atomic E-state index is 12.8. The minimum absolute atomic E-state index is 0.443. The summed E-state index contributed by atoms with van der Waals surface area (Å²) in [5.41, 5.74) is 14.7. The first-order valence-corrected chi connectivity index (χ1v) is 30.1. The molecular weight excluding hydrogens is 1050 g/mol. The van der Waals surface area contributed by atoms with Crippen LogP contribution in [0.1, 0.15) is 27.8 Å². The van der Waals surface area contributed by atoms with E-state index in [-0.39, 0.29) is 0 Å². The van der Waals surface area contributed by atoms with Gasteiger partial charge in [0.25, 0.3) is 0 Å². The Balaban J connectivity index is 1.21. The van der Waals surface area contributed by atoms with E-state index in [9.17, 15) is 11.8 Å². The van der Waals surface area contributed by atoms with Gasteiger partial charge in [0.2, 0.25) is 5.69 Å². The van der Waals surface area contributed by atoms with Gasteiger partial charge in [-0.1, -0.05) is 133 Å². The second-order valence-electron chi connectivity index (χ2n) is 21.4. The van der Waals surface area contributed by atoms with Crippen molar-refractivity contribution in [3.8, 4) is 39.7 Å². The van der Waals surface area contributed by atoms with E-state index >= 15 is 0 Å². The summed E-state index contributed by atoms with van der Waals surface area (Å²) in [6.07, 6.45) is 0. The highest BCUT2D eigenvalue weighted by Gasteiger charge is 2.35. The third kappa shape index (κ3) is 6.06. The van der Waals surface area contributed by atoms with Crippen molar-refractivity contribution in [1.82, 2.24) is 9.13 Å². The summed E-state index contributed by atoms with van der Waals surface area (Å²) in [6, 6.07) is 69.6. The number of thiophene rings is 4. The predicted octanol–water partition coefficient (Wildman–Crippen LogP) is 22.3. The lowest BCUT2D eigenvalue weighted by Crippen LogP contribution is -2.09. The van der Waals surface area contributed by atoms with Gasteiger partial charge in [-0.25, -0.2) is 4.85 Å². The van der Waals surface area contributed by atoms with Crippen LogP contribution in [0.25, 0.3) is 163 Å². The van der Waals surface area contributed by atoms with Crippen LogP contribution in [0.5, 0.6) is 0 Å². The maximum Gasteiger partial charge on any atom is 0.220 e. The van der Waals surface area contributed by atoms with Crippen LogP contribution in [0.3, 0.4) is 0 Å². The van der Waals surface area contributed by atoms with Crippen LogP contribution in [0.2, 0.25) is 0 Å². The number of aromatic nitrogens is 2. The van der Waals surface area contributed by atoms with Gasteiger partial charge in [-0.05, 0) is 104 Å². The first-order valence-electron chi connectivity index (χ1n) is 26.8. The number of nitrogens with zero attached hydrogens (tertiary/aromatic N) is 4. The molecule has 0 spiro atoms. The third-order valence-electron chi connectivity index (χ3n) is 17.2. The fourth-order valence-corrected chi connectivity index (χ4v) is 18.2. The van der Waals surface area contributed by atoms with E-state index in [2.05, 4.69) is 225 Å². The van der Waals surface area contributed by atoms with E-state index in [1.54, 1.807) is 22.7 Å². The molecule has 11 aromatic carbocycles. The van der Waals surface area contributed by atoms with Crippen LogP contribution in [-0.2, 0) is 0 Å². The summed E-state index contributed by atoms with van der Waals surface area (Å²) in [6.45, 7) is 18.8. The summed E-state index contributed by atoms with van der Waals surface area (Å²) in [5.74, 6) is 0. The van der Waals surface area contributed by atoms with Gasteiger partial charge in [0.1, 0.15) is 6.07 Å². The minimum atomic E-state index is 0.443. The molecule has 0 unspecified atom stereocenters. The van der Waals surface area contributed by atoms with Crippen molar-refractivity contribution >= 4 is 175 Å². The number of nitriles is 1. The highest BCUT2D eigenvalue weighted by atomic mass is 32.1. The van der Waals surface area contributed by atoms with Gasteiger partial charge in [-0.3, -0.25) is 0 Å². The van der Waals surface area contributed by atoms with E-state index in [0.717, 1.165) is 122 Å². The molecule has 374 valence electrons. The Morgan fingerprint density at radius 2 is 0.738 bits per heavy atom. The molecule has 0 amide bonds. The van der Waals surface area contributed by atoms with Crippen molar-refractivity contribution < 1.29 is 0 Å². The average Bonchev–Trinajstić information content (AvgIpc) is 4.48. The highest BCUT2D eigenvalue weighted by Crippen LogP contribution is 2.57. The van der Waals surface area contributed by atoms with Crippen molar-refractivity contribution in [3.05, 3.63) is 221 Å². The van der Waals surface area contributed by atoms with Crippen LogP contribution >= 0.6 is 45.3 Å². The highest BCUT2D eigenvalue weighted by molar-refractivity contribution is 7.28. The first-order chi connectivity index (χ1) is 39.3. The molecule has 0 saturated heterocycles. The zero-order valence-corrected chi connectivity index (χ0v) is 47.0. The molecule has 0 bridgehead atoms. The Kier molecular flexibility index (Phi) is 9.58. The fourth-order valence-electron chi connectivity index (χ4n) is 13.3. The molecule has 80 heavy (non-hydrogen) atoms. The van der Waals surface area contributed by atoms with Gasteiger partial charge in [0.05, 0.1) is 55.0 Å². The Morgan fingerprint density at radius 1 is 0.375 bits per heavy atom. The number of fused-ring (bicyclic) bond motifs is 20. The Morgan fingerprint density at radius 3 is 1.18 bits per heavy atom. The van der Waals surface area contributed by atoms with Crippen molar-refractivity contribution in [2.45, 2.75) is 27.7 Å². The minimum Gasteiger partial charge on any atom is -0.317 e. The Hall–Kier alpha value is -9.12. The standard InChI is InChI=1S/C72H42N4S4/c1-37-32-53-45-28-30-49-43-18-8-12-26-60(43)79-71(49)66(45)75(56(53)34-39(37)3)65-55(36-73)62(51-22-14-20-47-41-16-6-10-24-58(41)77-69(47)51)64(74-5)68(63(65)52-23-15-21-48-42-17-7-11-25-59(42)78-70(48)52)76-57-35-40(4)38(2)33-54(57)46-29-31-50-44-19-9-13-27-61(44)80-72(50)67(46)76/h6-35H,1-4H3. The van der Waals surface area contributed by atoms with E-state index in [0.29, 0.717) is 16.8 Å². The van der Waals surface area contributed by atoms with Crippen LogP contribution in [0.4, 0.5) is 5.69 Å². The van der Waals surface area contributed by atoms with E-state index in [4.69, 9.17) is 4.85 Å². The zero-order chi connectivity index (χ0) is 53.4. The molecule has 4 nitrogen and oxygen atoms in total. The molecule has 6 heterocycles. The van der Waals surface area contributed by atoms with E-state index < -0.39 is 0 Å². The number of rotatable bonds is 4. The van der Waals surface area contributed by atoms with Crippen molar-refractivity contribution in [2.24, 2.45) is 0 Å². The predicted molar refractivity (Wildman–Crippen MR) is 347 cm³/mol. The zero-order valence-electron chi connectivity index (χ0n) is 43.7. The second kappa shape index (κ2) is 16.7. The molecule has 17 aromatic rings. The number of benzene rings is 11. The lowest BCUT2D eigenvalue weighted by Gasteiger charge is -2.26. The van der Waals surface area contributed by atoms with Gasteiger partial charge in [0.15, 0.2) is 0 Å². The van der Waals surface area contributed by atoms with E-state index in [1.165, 1.54) is 52.2 Å². The van der Waals surface area contributed by atoms with Crippen LogP contribution in [0, 0.1) is 45.6 Å². The van der Waals surface area contributed by atoms with Gasteiger partial charge < -0.3 is 9.13 Å². The van der Waals surface area contributed by atoms with Gasteiger partial charge in [0, 0.05) is 110 Å². The summed E-state index contributed by atoms with van der Waals surface area (Å²) >= 11 is 7.16. The second-order valence-corrected chi connectivity index (χ2v) is 25.6. The molecule has 6 aromatic heterocycles. The molecule has 8 heteroatoms. The molecule has 17 rings (SSSR count). The molecule has 0 saturated carbocycles. The summed E-state index contributed by atoms with van der Waals surface area (Å²) in [7, 11) is 0. The van der Waals surface area contributed by atoms with Crippen LogP contribution in [0.15, 0.2) is 182 Å². The van der Waals surface area contributed by atoms with Crippen LogP contribution < -0.4 is 0 Å². The summed E-state index contributed by atoms with van der Waals surface area (Å²) < 4.78 is 14.2. The first kappa shape index (κ1) is 45.9. The van der Waals surface area contributed by atoms with Gasteiger partial charge in [-0.15, -0.1) is 45.3 Å². The molecule has 0 aliphatic rings. The summed E-state index contributed by atoms with van der Waals surface area (Å²) in [5, 5.41) is 26.6. The third-order valence-corrected chi connectivity index (χ3v) is 22.0. The monoisotopic (exact) mass is 1090 g/mol. The smallest absolute Gasteiger partial charge is 0.220 e. The lowest BCUT2D eigenvalue weighted by atomic mass is 9.87. The Labute approximate surface area is 474 Å². The normalized spacial score (nSPS) is 12.2. The van der Waals surface area contributed by atoms with Gasteiger partial charge >= 0.3 is 0 Å². The molecule has 0 atom stereocenters. The molecule has 0 radical (unpaired) electrons. The van der Waals surface area contributed by atoms with Crippen molar-refractivity contribution in [3.63, 3.8) is 0 Å². The molecule has 0 aliphatic heterocycles. The topological polar surface area (TPSA) is 38.0 Å². The van der Waals surface area contributed by atoms with E-state index in [1.807, 2.05) is 22.7 Å². The molecule has 0 N–H and O–H groups in total. The average molecular weight is 1090 g/mol. The van der Waals surface area contributed by atoms with Crippen LogP contribution in [-0.4, -0.2) is 9.13 Å². The quantitative estimate of drug-likeness (QED) is 0.162. The number of hydrogen-bond acceptors (Lipinski definition) is 5. The Bertz CT molecular complexity index is 5520. The van der Waals surface area contributed by atoms with Gasteiger partial charge in [-0.2, -0.15) is 5.26 Å². The largest absolute Gasteiger partial charge is 0.317 e. The number of hydrogen-bond donors (Lipinski definition) is 0. The fraction of sp³-hybridized carbons (Fsp3) is 0.0556. The molecular formula is C72H42N4S4. The number of aryl methyl sites for hydroxylation is 4.